The second-order valence-corrected chi connectivity index (χ2v) is 12.0. The number of aryl methyl sites for hydroxylation is 2. The lowest BCUT2D eigenvalue weighted by atomic mass is 9.99. The van der Waals surface area contributed by atoms with E-state index in [-0.39, 0.29) is 0 Å². The van der Waals surface area contributed by atoms with Crippen molar-refractivity contribution < 1.29 is 13.2 Å². The van der Waals surface area contributed by atoms with E-state index < -0.39 is 11.7 Å². The van der Waals surface area contributed by atoms with Crippen LogP contribution in [0.2, 0.25) is 0 Å². The predicted octanol–water partition coefficient (Wildman–Crippen LogP) is 6.86. The van der Waals surface area contributed by atoms with Crippen LogP contribution >= 0.6 is 23.1 Å². The Kier molecular flexibility index (Phi) is 7.88. The number of fused-ring (bicyclic) bond motifs is 1. The van der Waals surface area contributed by atoms with Crippen molar-refractivity contribution in [2.24, 2.45) is 13.0 Å². The molecule has 10 heteroatoms. The smallest absolute Gasteiger partial charge is 0.305 e. The Labute approximate surface area is 223 Å². The Hall–Kier alpha value is -2.43. The van der Waals surface area contributed by atoms with Gasteiger partial charge in [-0.3, -0.25) is 0 Å². The summed E-state index contributed by atoms with van der Waals surface area (Å²) in [4.78, 5) is 7.18. The van der Waals surface area contributed by atoms with Crippen LogP contribution in [-0.2, 0) is 19.6 Å². The maximum absolute atomic E-state index is 12.8. The molecule has 0 saturated carbocycles. The predicted molar refractivity (Wildman–Crippen MR) is 144 cm³/mol. The van der Waals surface area contributed by atoms with Crippen LogP contribution in [0.4, 0.5) is 13.2 Å². The van der Waals surface area contributed by atoms with Gasteiger partial charge in [0.05, 0.1) is 20.8 Å². The summed E-state index contributed by atoms with van der Waals surface area (Å²) in [7, 11) is 1.85. The number of hydrogen-bond acceptors (Lipinski definition) is 6. The molecule has 1 saturated heterocycles. The van der Waals surface area contributed by atoms with Gasteiger partial charge in [-0.2, -0.15) is 13.2 Å². The molecule has 1 fully saturated rings. The molecule has 1 aliphatic heterocycles. The Morgan fingerprint density at radius 1 is 1.11 bits per heavy atom. The summed E-state index contributed by atoms with van der Waals surface area (Å²) in [6.45, 7) is 5.44. The first-order valence-corrected chi connectivity index (χ1v) is 14.3. The molecule has 1 aliphatic rings. The summed E-state index contributed by atoms with van der Waals surface area (Å²) in [6.07, 6.45) is 0.287. The van der Waals surface area contributed by atoms with Crippen LogP contribution < -0.4 is 0 Å². The van der Waals surface area contributed by atoms with Crippen molar-refractivity contribution in [3.63, 3.8) is 0 Å². The minimum Gasteiger partial charge on any atom is -0.305 e. The lowest BCUT2D eigenvalue weighted by Crippen LogP contribution is -2.22. The molecule has 0 radical (unpaired) electrons. The van der Waals surface area contributed by atoms with Crippen LogP contribution in [0.3, 0.4) is 0 Å². The molecule has 3 heterocycles. The zero-order chi connectivity index (χ0) is 26.0. The Morgan fingerprint density at radius 2 is 1.92 bits per heavy atom. The molecule has 0 spiro atoms. The van der Waals surface area contributed by atoms with E-state index in [9.17, 15) is 13.2 Å². The Morgan fingerprint density at radius 3 is 2.70 bits per heavy atom. The SMILES string of the molecule is Cc1nc2cc(CC[C@H]3CCN(CCCSc4nnc(-c5ccc(C(F)(F)F)cc5)n4C)C3)ccc2s1. The zero-order valence-electron chi connectivity index (χ0n) is 21.0. The number of aromatic nitrogens is 4. The van der Waals surface area contributed by atoms with Gasteiger partial charge in [-0.25, -0.2) is 4.98 Å². The van der Waals surface area contributed by atoms with Crippen molar-refractivity contribution in [2.75, 3.05) is 25.4 Å². The number of nitrogens with zero attached hydrogens (tertiary/aromatic N) is 5. The van der Waals surface area contributed by atoms with Crippen molar-refractivity contribution in [1.82, 2.24) is 24.6 Å². The number of thiazole rings is 1. The average Bonchev–Trinajstić information content (AvgIpc) is 3.57. The van der Waals surface area contributed by atoms with E-state index in [1.54, 1.807) is 23.1 Å². The van der Waals surface area contributed by atoms with Crippen LogP contribution in [-0.4, -0.2) is 50.0 Å². The summed E-state index contributed by atoms with van der Waals surface area (Å²) >= 11 is 3.39. The molecule has 5 nitrogen and oxygen atoms in total. The average molecular weight is 546 g/mol. The molecule has 2 aromatic heterocycles. The van der Waals surface area contributed by atoms with E-state index in [0.29, 0.717) is 11.4 Å². The van der Waals surface area contributed by atoms with Crippen LogP contribution in [0.25, 0.3) is 21.6 Å². The van der Waals surface area contributed by atoms with Gasteiger partial charge in [-0.1, -0.05) is 30.0 Å². The standard InChI is InChI=1S/C27H30F3N5S2/c1-18-31-23-16-19(6-11-24(23)37-18)4-5-20-12-14-35(17-20)13-3-15-36-26-33-32-25(34(26)2)21-7-9-22(10-8-21)27(28,29)30/h6-11,16,20H,3-5,12-15,17H2,1-2H3/t20-/m0/s1. The van der Waals surface area contributed by atoms with Gasteiger partial charge >= 0.3 is 6.18 Å². The van der Waals surface area contributed by atoms with Crippen molar-refractivity contribution in [3.8, 4) is 11.4 Å². The maximum Gasteiger partial charge on any atom is 0.416 e. The van der Waals surface area contributed by atoms with Gasteiger partial charge in [0, 0.05) is 24.9 Å². The number of hydrogen-bond donors (Lipinski definition) is 0. The molecule has 0 N–H and O–H groups in total. The summed E-state index contributed by atoms with van der Waals surface area (Å²) in [5.74, 6) is 2.24. The normalized spacial score (nSPS) is 16.7. The van der Waals surface area contributed by atoms with Gasteiger partial charge < -0.3 is 9.47 Å². The van der Waals surface area contributed by atoms with Crippen molar-refractivity contribution >= 4 is 33.3 Å². The molecule has 196 valence electrons. The van der Waals surface area contributed by atoms with E-state index in [0.717, 1.165) is 72.0 Å². The molecule has 1 atom stereocenters. The molecule has 5 rings (SSSR count). The van der Waals surface area contributed by atoms with Crippen LogP contribution in [0.15, 0.2) is 47.6 Å². The summed E-state index contributed by atoms with van der Waals surface area (Å²) in [5.41, 5.74) is 2.47. The minimum atomic E-state index is -4.34. The number of benzene rings is 2. The molecule has 0 aliphatic carbocycles. The molecule has 4 aromatic rings. The third-order valence-corrected chi connectivity index (χ3v) is 8.98. The van der Waals surface area contributed by atoms with E-state index in [1.165, 1.54) is 35.2 Å². The number of thioether (sulfide) groups is 1. The van der Waals surface area contributed by atoms with Crippen molar-refractivity contribution in [2.45, 2.75) is 43.9 Å². The molecule has 37 heavy (non-hydrogen) atoms. The van der Waals surface area contributed by atoms with Crippen LogP contribution in [0.5, 0.6) is 0 Å². The molecule has 0 amide bonds. The van der Waals surface area contributed by atoms with Gasteiger partial charge in [-0.15, -0.1) is 21.5 Å². The highest BCUT2D eigenvalue weighted by Crippen LogP contribution is 2.31. The van der Waals surface area contributed by atoms with E-state index in [1.807, 2.05) is 11.6 Å². The number of rotatable bonds is 9. The minimum absolute atomic E-state index is 0.572. The fraction of sp³-hybridized carbons (Fsp3) is 0.444. The highest BCUT2D eigenvalue weighted by molar-refractivity contribution is 7.99. The monoisotopic (exact) mass is 545 g/mol. The summed E-state index contributed by atoms with van der Waals surface area (Å²) in [5, 5.41) is 10.4. The maximum atomic E-state index is 12.8. The Balaban J connectivity index is 1.04. The summed E-state index contributed by atoms with van der Waals surface area (Å²) < 4.78 is 41.6. The number of alkyl halides is 3. The first kappa shape index (κ1) is 26.2. The molecular weight excluding hydrogens is 515 g/mol. The van der Waals surface area contributed by atoms with Gasteiger partial charge in [0.1, 0.15) is 0 Å². The van der Waals surface area contributed by atoms with Crippen LogP contribution in [0.1, 0.15) is 35.4 Å². The van der Waals surface area contributed by atoms with E-state index in [2.05, 4.69) is 45.2 Å². The quantitative estimate of drug-likeness (QED) is 0.170. The fourth-order valence-electron chi connectivity index (χ4n) is 4.92. The second-order valence-electron chi connectivity index (χ2n) is 9.67. The van der Waals surface area contributed by atoms with Gasteiger partial charge in [-0.05, 0) is 81.4 Å². The molecular formula is C27H30F3N5S2. The molecule has 0 unspecified atom stereocenters. The lowest BCUT2D eigenvalue weighted by Gasteiger charge is -2.15. The van der Waals surface area contributed by atoms with Crippen molar-refractivity contribution in [1.29, 1.82) is 0 Å². The third kappa shape index (κ3) is 6.35. The number of halogens is 3. The van der Waals surface area contributed by atoms with E-state index in [4.69, 9.17) is 0 Å². The molecule has 2 aromatic carbocycles. The largest absolute Gasteiger partial charge is 0.416 e. The van der Waals surface area contributed by atoms with Gasteiger partial charge in [0.2, 0.25) is 0 Å². The Bertz CT molecular complexity index is 1350. The zero-order valence-corrected chi connectivity index (χ0v) is 22.6. The van der Waals surface area contributed by atoms with Crippen molar-refractivity contribution in [3.05, 3.63) is 58.6 Å². The highest BCUT2D eigenvalue weighted by Gasteiger charge is 2.30. The topological polar surface area (TPSA) is 46.8 Å². The third-order valence-electron chi connectivity index (χ3n) is 6.93. The van der Waals surface area contributed by atoms with Gasteiger partial charge in [0.15, 0.2) is 11.0 Å². The number of likely N-dealkylation sites (tertiary alicyclic amines) is 1. The van der Waals surface area contributed by atoms with Gasteiger partial charge in [0.25, 0.3) is 0 Å². The molecule has 0 bridgehead atoms. The first-order valence-electron chi connectivity index (χ1n) is 12.5. The first-order chi connectivity index (χ1) is 17.8. The van der Waals surface area contributed by atoms with Crippen LogP contribution in [0, 0.1) is 12.8 Å². The second kappa shape index (κ2) is 11.1. The fourth-order valence-corrected chi connectivity index (χ4v) is 6.56. The summed E-state index contributed by atoms with van der Waals surface area (Å²) in [6, 6.07) is 11.8. The van der Waals surface area contributed by atoms with E-state index >= 15 is 0 Å². The highest BCUT2D eigenvalue weighted by atomic mass is 32.2. The lowest BCUT2D eigenvalue weighted by molar-refractivity contribution is -0.137.